The van der Waals surface area contributed by atoms with Crippen LogP contribution in [0.1, 0.15) is 25.3 Å². The van der Waals surface area contributed by atoms with Crippen molar-refractivity contribution in [2.24, 2.45) is 5.41 Å². The summed E-state index contributed by atoms with van der Waals surface area (Å²) in [5, 5.41) is 9.82. The lowest BCUT2D eigenvalue weighted by atomic mass is 9.74. The molecule has 1 saturated heterocycles. The smallest absolute Gasteiger partial charge is 0.118 e. The maximum absolute atomic E-state index is 9.82. The SMILES string of the molecule is CCN1CCC(CO)(Cc2ccc(OC)cc2)CC1. The van der Waals surface area contributed by atoms with Crippen molar-refractivity contribution in [3.8, 4) is 5.75 Å². The first-order valence-electron chi connectivity index (χ1n) is 7.17. The minimum Gasteiger partial charge on any atom is -0.497 e. The maximum Gasteiger partial charge on any atom is 0.118 e. The van der Waals surface area contributed by atoms with E-state index in [0.717, 1.165) is 44.6 Å². The Bertz CT molecular complexity index is 380. The summed E-state index contributed by atoms with van der Waals surface area (Å²) in [7, 11) is 1.69. The van der Waals surface area contributed by atoms with E-state index in [2.05, 4.69) is 24.0 Å². The highest BCUT2D eigenvalue weighted by atomic mass is 16.5. The Morgan fingerprint density at radius 2 is 1.84 bits per heavy atom. The molecule has 0 spiro atoms. The van der Waals surface area contributed by atoms with Gasteiger partial charge in [-0.2, -0.15) is 0 Å². The summed E-state index contributed by atoms with van der Waals surface area (Å²) >= 11 is 0. The topological polar surface area (TPSA) is 32.7 Å². The summed E-state index contributed by atoms with van der Waals surface area (Å²) in [6.45, 7) is 5.82. The quantitative estimate of drug-likeness (QED) is 0.885. The Hall–Kier alpha value is -1.06. The van der Waals surface area contributed by atoms with Crippen molar-refractivity contribution < 1.29 is 9.84 Å². The van der Waals surface area contributed by atoms with E-state index in [-0.39, 0.29) is 12.0 Å². The van der Waals surface area contributed by atoms with Gasteiger partial charge in [0.2, 0.25) is 0 Å². The molecule has 0 radical (unpaired) electrons. The molecule has 1 aliphatic heterocycles. The number of nitrogens with zero attached hydrogens (tertiary/aromatic N) is 1. The van der Waals surface area contributed by atoms with Crippen LogP contribution in [0.5, 0.6) is 5.75 Å². The molecule has 1 aliphatic rings. The average molecular weight is 263 g/mol. The van der Waals surface area contributed by atoms with Crippen LogP contribution in [0.2, 0.25) is 0 Å². The molecule has 1 aromatic carbocycles. The Balaban J connectivity index is 2.02. The zero-order valence-electron chi connectivity index (χ0n) is 12.1. The van der Waals surface area contributed by atoms with Crippen molar-refractivity contribution in [2.45, 2.75) is 26.2 Å². The molecule has 2 rings (SSSR count). The van der Waals surface area contributed by atoms with Crippen molar-refractivity contribution in [3.05, 3.63) is 29.8 Å². The second kappa shape index (κ2) is 6.40. The van der Waals surface area contributed by atoms with Crippen LogP contribution in [-0.2, 0) is 6.42 Å². The molecule has 1 fully saturated rings. The highest BCUT2D eigenvalue weighted by molar-refractivity contribution is 5.28. The van der Waals surface area contributed by atoms with E-state index in [1.165, 1.54) is 5.56 Å². The lowest BCUT2D eigenvalue weighted by Gasteiger charge is -2.40. The van der Waals surface area contributed by atoms with Crippen LogP contribution < -0.4 is 4.74 Å². The van der Waals surface area contributed by atoms with E-state index in [0.29, 0.717) is 0 Å². The monoisotopic (exact) mass is 263 g/mol. The number of likely N-dealkylation sites (tertiary alicyclic amines) is 1. The van der Waals surface area contributed by atoms with Crippen LogP contribution in [0, 0.1) is 5.41 Å². The number of piperidine rings is 1. The minimum atomic E-state index is 0.0697. The van der Waals surface area contributed by atoms with E-state index < -0.39 is 0 Å². The molecule has 1 N–H and O–H groups in total. The molecule has 0 amide bonds. The number of aliphatic hydroxyl groups is 1. The molecule has 0 bridgehead atoms. The van der Waals surface area contributed by atoms with Gasteiger partial charge in [-0.15, -0.1) is 0 Å². The molecule has 0 saturated carbocycles. The fraction of sp³-hybridized carbons (Fsp3) is 0.625. The van der Waals surface area contributed by atoms with E-state index in [1.807, 2.05) is 12.1 Å². The Labute approximate surface area is 116 Å². The molecule has 19 heavy (non-hydrogen) atoms. The summed E-state index contributed by atoms with van der Waals surface area (Å²) in [4.78, 5) is 2.46. The van der Waals surface area contributed by atoms with Crippen LogP contribution >= 0.6 is 0 Å². The van der Waals surface area contributed by atoms with Crippen molar-refractivity contribution >= 4 is 0 Å². The lowest BCUT2D eigenvalue weighted by molar-refractivity contribution is 0.0461. The molecule has 1 heterocycles. The Morgan fingerprint density at radius 1 is 1.21 bits per heavy atom. The zero-order chi connectivity index (χ0) is 13.7. The molecule has 0 atom stereocenters. The normalized spacial score (nSPS) is 19.3. The van der Waals surface area contributed by atoms with Crippen molar-refractivity contribution in [2.75, 3.05) is 33.4 Å². The van der Waals surface area contributed by atoms with E-state index in [9.17, 15) is 5.11 Å². The van der Waals surface area contributed by atoms with E-state index in [4.69, 9.17) is 4.74 Å². The third kappa shape index (κ3) is 3.48. The average Bonchev–Trinajstić information content (AvgIpc) is 2.49. The Kier molecular flexibility index (Phi) is 4.83. The molecule has 1 aromatic rings. The second-order valence-electron chi connectivity index (χ2n) is 5.62. The lowest BCUT2D eigenvalue weighted by Crippen LogP contribution is -2.43. The number of hydrogen-bond donors (Lipinski definition) is 1. The molecule has 3 heteroatoms. The molecule has 0 unspecified atom stereocenters. The van der Waals surface area contributed by atoms with Gasteiger partial charge in [-0.05, 0) is 62.0 Å². The molecule has 0 aromatic heterocycles. The number of ether oxygens (including phenoxy) is 1. The predicted octanol–water partition coefficient (Wildman–Crippen LogP) is 2.33. The van der Waals surface area contributed by atoms with Crippen molar-refractivity contribution in [1.82, 2.24) is 4.90 Å². The van der Waals surface area contributed by atoms with Gasteiger partial charge < -0.3 is 14.7 Å². The summed E-state index contributed by atoms with van der Waals surface area (Å²) < 4.78 is 5.18. The number of hydrogen-bond acceptors (Lipinski definition) is 3. The van der Waals surface area contributed by atoms with Gasteiger partial charge in [0.25, 0.3) is 0 Å². The van der Waals surface area contributed by atoms with Crippen LogP contribution in [0.15, 0.2) is 24.3 Å². The number of aliphatic hydroxyl groups excluding tert-OH is 1. The van der Waals surface area contributed by atoms with Crippen LogP contribution in [0.4, 0.5) is 0 Å². The van der Waals surface area contributed by atoms with Crippen LogP contribution in [0.25, 0.3) is 0 Å². The summed E-state index contributed by atoms with van der Waals surface area (Å²) in [6.07, 6.45) is 3.14. The van der Waals surface area contributed by atoms with Gasteiger partial charge >= 0.3 is 0 Å². The van der Waals surface area contributed by atoms with Crippen LogP contribution in [-0.4, -0.2) is 43.4 Å². The zero-order valence-corrected chi connectivity index (χ0v) is 12.1. The van der Waals surface area contributed by atoms with Gasteiger partial charge in [-0.25, -0.2) is 0 Å². The van der Waals surface area contributed by atoms with Crippen molar-refractivity contribution in [1.29, 1.82) is 0 Å². The third-order valence-electron chi connectivity index (χ3n) is 4.44. The Morgan fingerprint density at radius 3 is 2.32 bits per heavy atom. The fourth-order valence-corrected chi connectivity index (χ4v) is 2.91. The molecule has 0 aliphatic carbocycles. The standard InChI is InChI=1S/C16H25NO2/c1-3-17-10-8-16(13-18,9-11-17)12-14-4-6-15(19-2)7-5-14/h4-7,18H,3,8-13H2,1-2H3. The van der Waals surface area contributed by atoms with E-state index in [1.54, 1.807) is 7.11 Å². The van der Waals surface area contributed by atoms with Gasteiger partial charge in [-0.1, -0.05) is 19.1 Å². The number of benzene rings is 1. The van der Waals surface area contributed by atoms with Gasteiger partial charge in [-0.3, -0.25) is 0 Å². The highest BCUT2D eigenvalue weighted by Crippen LogP contribution is 2.34. The predicted molar refractivity (Wildman–Crippen MR) is 77.6 cm³/mol. The van der Waals surface area contributed by atoms with Crippen LogP contribution in [0.3, 0.4) is 0 Å². The third-order valence-corrected chi connectivity index (χ3v) is 4.44. The van der Waals surface area contributed by atoms with Crippen molar-refractivity contribution in [3.63, 3.8) is 0 Å². The second-order valence-corrected chi connectivity index (χ2v) is 5.62. The first-order valence-corrected chi connectivity index (χ1v) is 7.17. The maximum atomic E-state index is 9.82. The minimum absolute atomic E-state index is 0.0697. The van der Waals surface area contributed by atoms with Gasteiger partial charge in [0.1, 0.15) is 5.75 Å². The largest absolute Gasteiger partial charge is 0.497 e. The molecule has 106 valence electrons. The number of rotatable bonds is 5. The first kappa shape index (κ1) is 14.4. The van der Waals surface area contributed by atoms with E-state index >= 15 is 0 Å². The van der Waals surface area contributed by atoms with Gasteiger partial charge in [0.05, 0.1) is 7.11 Å². The van der Waals surface area contributed by atoms with Gasteiger partial charge in [0.15, 0.2) is 0 Å². The van der Waals surface area contributed by atoms with Gasteiger partial charge in [0, 0.05) is 6.61 Å². The fourth-order valence-electron chi connectivity index (χ4n) is 2.91. The summed E-state index contributed by atoms with van der Waals surface area (Å²) in [5.74, 6) is 0.891. The summed E-state index contributed by atoms with van der Waals surface area (Å²) in [6, 6.07) is 8.23. The molecule has 3 nitrogen and oxygen atoms in total. The molecular formula is C16H25NO2. The first-order chi connectivity index (χ1) is 9.21. The molecular weight excluding hydrogens is 238 g/mol. The number of methoxy groups -OCH3 is 1. The highest BCUT2D eigenvalue weighted by Gasteiger charge is 2.33. The summed E-state index contributed by atoms with van der Waals surface area (Å²) in [5.41, 5.74) is 1.36.